The average Bonchev–Trinajstić information content (AvgIpc) is 3.65. The lowest BCUT2D eigenvalue weighted by atomic mass is 9.82. The van der Waals surface area contributed by atoms with Gasteiger partial charge in [0.05, 0.1) is 22.4 Å². The molecule has 0 amide bonds. The van der Waals surface area contributed by atoms with Crippen molar-refractivity contribution in [1.29, 1.82) is 0 Å². The molecule has 9 aromatic rings. The van der Waals surface area contributed by atoms with Gasteiger partial charge in [-0.15, -0.1) is 0 Å². The Bertz CT molecular complexity index is 2770. The number of hydrogen-bond donors (Lipinski definition) is 0. The molecule has 0 fully saturated rings. The second-order valence-electron chi connectivity index (χ2n) is 13.7. The van der Waals surface area contributed by atoms with Gasteiger partial charge >= 0.3 is 0 Å². The molecule has 232 valence electrons. The van der Waals surface area contributed by atoms with Gasteiger partial charge in [-0.3, -0.25) is 0 Å². The summed E-state index contributed by atoms with van der Waals surface area (Å²) in [7, 11) is 0. The lowest BCUT2D eigenvalue weighted by molar-refractivity contribution is 0.660. The Morgan fingerprint density at radius 2 is 1.02 bits per heavy atom. The van der Waals surface area contributed by atoms with Gasteiger partial charge in [-0.05, 0) is 74.3 Å². The SMILES string of the molecule is CC1(C)c2ccccc2-c2c(-c3ccccc3N(c3cccc4c3ccc3ccccc34)c3cccc4oc5ccccc5c34)cccc21. The van der Waals surface area contributed by atoms with Crippen LogP contribution in [0, 0.1) is 0 Å². The third-order valence-corrected chi connectivity index (χ3v) is 10.7. The van der Waals surface area contributed by atoms with Crippen molar-refractivity contribution < 1.29 is 4.42 Å². The fourth-order valence-electron chi connectivity index (χ4n) is 8.43. The lowest BCUT2D eigenvalue weighted by Crippen LogP contribution is -2.15. The summed E-state index contributed by atoms with van der Waals surface area (Å²) in [6.07, 6.45) is 0. The van der Waals surface area contributed by atoms with Crippen molar-refractivity contribution in [2.45, 2.75) is 19.3 Å². The molecule has 0 radical (unpaired) electrons. The van der Waals surface area contributed by atoms with Crippen molar-refractivity contribution in [3.63, 3.8) is 0 Å². The van der Waals surface area contributed by atoms with E-state index in [9.17, 15) is 0 Å². The molecule has 0 bridgehead atoms. The fourth-order valence-corrected chi connectivity index (χ4v) is 8.43. The molecular formula is C47H33NO. The highest BCUT2D eigenvalue weighted by Gasteiger charge is 2.37. The van der Waals surface area contributed by atoms with Gasteiger partial charge in [0.25, 0.3) is 0 Å². The standard InChI is InChI=1S/C47H33NO/c1-47(2)38-21-8-5-17-36(38)45-35(20-11-22-39(45)47)33-16-6-9-23-40(33)48(42-25-13-27-44-46(42)37-18-7-10-26-43(37)49-44)41-24-12-19-32-31-15-4-3-14-30(31)28-29-34(32)41/h3-29H,1-2H3. The molecule has 2 heteroatoms. The van der Waals surface area contributed by atoms with Gasteiger partial charge in [-0.1, -0.05) is 147 Å². The van der Waals surface area contributed by atoms with Gasteiger partial charge in [-0.25, -0.2) is 0 Å². The summed E-state index contributed by atoms with van der Waals surface area (Å²) in [4.78, 5) is 2.47. The number of hydrogen-bond acceptors (Lipinski definition) is 2. The zero-order valence-corrected chi connectivity index (χ0v) is 27.4. The van der Waals surface area contributed by atoms with E-state index in [1.807, 2.05) is 6.07 Å². The molecule has 0 N–H and O–H groups in total. The van der Waals surface area contributed by atoms with Gasteiger partial charge in [0, 0.05) is 21.8 Å². The van der Waals surface area contributed by atoms with Crippen LogP contribution >= 0.6 is 0 Å². The molecule has 0 aliphatic heterocycles. The van der Waals surface area contributed by atoms with E-state index in [1.165, 1.54) is 54.9 Å². The minimum Gasteiger partial charge on any atom is -0.456 e. The van der Waals surface area contributed by atoms with Crippen molar-refractivity contribution in [3.8, 4) is 22.3 Å². The second kappa shape index (κ2) is 10.4. The average molecular weight is 628 g/mol. The van der Waals surface area contributed by atoms with Crippen LogP contribution in [0.3, 0.4) is 0 Å². The first-order valence-electron chi connectivity index (χ1n) is 17.0. The topological polar surface area (TPSA) is 16.4 Å². The van der Waals surface area contributed by atoms with Crippen LogP contribution in [0.4, 0.5) is 17.1 Å². The highest BCUT2D eigenvalue weighted by molar-refractivity contribution is 6.17. The Balaban J connectivity index is 1.32. The van der Waals surface area contributed by atoms with Crippen LogP contribution in [0.5, 0.6) is 0 Å². The van der Waals surface area contributed by atoms with Gasteiger partial charge < -0.3 is 9.32 Å². The van der Waals surface area contributed by atoms with Crippen molar-refractivity contribution in [2.75, 3.05) is 4.90 Å². The molecule has 0 atom stereocenters. The molecule has 2 nitrogen and oxygen atoms in total. The van der Waals surface area contributed by atoms with E-state index >= 15 is 0 Å². The summed E-state index contributed by atoms with van der Waals surface area (Å²) in [5.74, 6) is 0. The molecule has 0 spiro atoms. The van der Waals surface area contributed by atoms with Crippen molar-refractivity contribution in [2.24, 2.45) is 0 Å². The van der Waals surface area contributed by atoms with Crippen LogP contribution in [-0.2, 0) is 5.41 Å². The molecular weight excluding hydrogens is 595 g/mol. The van der Waals surface area contributed by atoms with Crippen molar-refractivity contribution in [1.82, 2.24) is 0 Å². The van der Waals surface area contributed by atoms with Crippen LogP contribution in [0.1, 0.15) is 25.0 Å². The Labute approximate surface area is 285 Å². The largest absolute Gasteiger partial charge is 0.456 e. The predicted octanol–water partition coefficient (Wildman–Crippen LogP) is 13.3. The number of para-hydroxylation sites is 2. The summed E-state index contributed by atoms with van der Waals surface area (Å²) in [5, 5.41) is 7.14. The van der Waals surface area contributed by atoms with Crippen LogP contribution < -0.4 is 4.90 Å². The minimum absolute atomic E-state index is 0.0887. The second-order valence-corrected chi connectivity index (χ2v) is 13.7. The van der Waals surface area contributed by atoms with Gasteiger partial charge in [0.2, 0.25) is 0 Å². The van der Waals surface area contributed by atoms with Gasteiger partial charge in [-0.2, -0.15) is 0 Å². The predicted molar refractivity (Wildman–Crippen MR) is 206 cm³/mol. The fraction of sp³-hybridized carbons (Fsp3) is 0.0638. The third kappa shape index (κ3) is 4.01. The van der Waals surface area contributed by atoms with E-state index in [0.29, 0.717) is 0 Å². The van der Waals surface area contributed by atoms with Crippen LogP contribution in [-0.4, -0.2) is 0 Å². The van der Waals surface area contributed by atoms with Crippen molar-refractivity contribution in [3.05, 3.63) is 175 Å². The van der Waals surface area contributed by atoms with E-state index in [4.69, 9.17) is 4.42 Å². The lowest BCUT2D eigenvalue weighted by Gasteiger charge is -2.30. The van der Waals surface area contributed by atoms with Crippen LogP contribution in [0.2, 0.25) is 0 Å². The molecule has 49 heavy (non-hydrogen) atoms. The Hall–Kier alpha value is -6.12. The summed E-state index contributed by atoms with van der Waals surface area (Å²) in [5.41, 5.74) is 12.8. The first kappa shape index (κ1) is 27.9. The van der Waals surface area contributed by atoms with E-state index < -0.39 is 0 Å². The first-order chi connectivity index (χ1) is 24.1. The van der Waals surface area contributed by atoms with E-state index in [-0.39, 0.29) is 5.41 Å². The number of fused-ring (bicyclic) bond motifs is 9. The number of anilines is 3. The minimum atomic E-state index is -0.0887. The molecule has 0 saturated heterocycles. The van der Waals surface area contributed by atoms with E-state index in [1.54, 1.807) is 0 Å². The summed E-state index contributed by atoms with van der Waals surface area (Å²) in [6, 6.07) is 59.5. The zero-order valence-electron chi connectivity index (χ0n) is 27.4. The third-order valence-electron chi connectivity index (χ3n) is 10.7. The highest BCUT2D eigenvalue weighted by Crippen LogP contribution is 2.54. The molecule has 10 rings (SSSR count). The summed E-state index contributed by atoms with van der Waals surface area (Å²) >= 11 is 0. The Kier molecular flexibility index (Phi) is 5.95. The maximum atomic E-state index is 6.47. The summed E-state index contributed by atoms with van der Waals surface area (Å²) in [6.45, 7) is 4.70. The first-order valence-corrected chi connectivity index (χ1v) is 17.0. The molecule has 1 heterocycles. The zero-order chi connectivity index (χ0) is 32.7. The number of nitrogens with zero attached hydrogens (tertiary/aromatic N) is 1. The van der Waals surface area contributed by atoms with Gasteiger partial charge in [0.1, 0.15) is 11.2 Å². The molecule has 0 saturated carbocycles. The maximum absolute atomic E-state index is 6.47. The van der Waals surface area contributed by atoms with Crippen LogP contribution in [0.15, 0.2) is 168 Å². The van der Waals surface area contributed by atoms with Gasteiger partial charge in [0.15, 0.2) is 0 Å². The smallest absolute Gasteiger partial charge is 0.137 e. The molecule has 8 aromatic carbocycles. The molecule has 0 unspecified atom stereocenters. The maximum Gasteiger partial charge on any atom is 0.137 e. The Morgan fingerprint density at radius 3 is 1.94 bits per heavy atom. The molecule has 1 aromatic heterocycles. The normalized spacial score (nSPS) is 13.3. The van der Waals surface area contributed by atoms with E-state index in [2.05, 4.69) is 176 Å². The number of benzene rings is 8. The number of rotatable bonds is 4. The molecule has 1 aliphatic rings. The summed E-state index contributed by atoms with van der Waals surface area (Å²) < 4.78 is 6.47. The quantitative estimate of drug-likeness (QED) is 0.181. The van der Waals surface area contributed by atoms with E-state index in [0.717, 1.165) is 39.0 Å². The monoisotopic (exact) mass is 627 g/mol. The number of furan rings is 1. The Morgan fingerprint density at radius 1 is 0.408 bits per heavy atom. The highest BCUT2D eigenvalue weighted by atomic mass is 16.3. The van der Waals surface area contributed by atoms with Crippen LogP contribution in [0.25, 0.3) is 65.7 Å². The van der Waals surface area contributed by atoms with Crippen molar-refractivity contribution >= 4 is 60.5 Å². The molecule has 1 aliphatic carbocycles.